The summed E-state index contributed by atoms with van der Waals surface area (Å²) >= 11 is 18.4. The van der Waals surface area contributed by atoms with Crippen LogP contribution < -0.4 is 9.62 Å². The van der Waals surface area contributed by atoms with Crippen molar-refractivity contribution in [2.45, 2.75) is 44.2 Å². The standard InChI is InChI=1S/C28H29Cl3FN3O4S/c1-3-4-14-33-28(37)19(2)34(17-20-10-11-21(29)15-24(20)30)27(36)18-35(22-12-13-26(32)25(31)16-22)40(38,39)23-8-6-5-7-9-23/h5-13,15-16,19H,3-4,14,17-18H2,1-2H3,(H,33,37)/t19-/m0/s1. The van der Waals surface area contributed by atoms with Crippen LogP contribution in [0.2, 0.25) is 15.1 Å². The minimum atomic E-state index is -4.30. The van der Waals surface area contributed by atoms with E-state index in [0.717, 1.165) is 29.3 Å². The molecule has 3 rings (SSSR count). The third kappa shape index (κ3) is 7.87. The maximum Gasteiger partial charge on any atom is 0.264 e. The molecule has 0 saturated heterocycles. The highest BCUT2D eigenvalue weighted by Gasteiger charge is 2.33. The quantitative estimate of drug-likeness (QED) is 0.238. The summed E-state index contributed by atoms with van der Waals surface area (Å²) in [7, 11) is -4.30. The Morgan fingerprint density at radius 3 is 2.30 bits per heavy atom. The SMILES string of the molecule is CCCCNC(=O)[C@H](C)N(Cc1ccc(Cl)cc1Cl)C(=O)CN(c1ccc(F)c(Cl)c1)S(=O)(=O)c1ccccc1. The number of rotatable bonds is 12. The maximum absolute atomic E-state index is 14.0. The molecule has 7 nitrogen and oxygen atoms in total. The molecule has 0 fully saturated rings. The Hall–Kier alpha value is -2.85. The molecule has 214 valence electrons. The molecule has 0 spiro atoms. The van der Waals surface area contributed by atoms with Gasteiger partial charge in [0.15, 0.2) is 0 Å². The second-order valence-electron chi connectivity index (χ2n) is 9.00. The molecule has 1 atom stereocenters. The zero-order valence-corrected chi connectivity index (χ0v) is 25.0. The summed E-state index contributed by atoms with van der Waals surface area (Å²) in [5, 5.41) is 3.17. The van der Waals surface area contributed by atoms with Crippen LogP contribution in [-0.2, 0) is 26.2 Å². The van der Waals surface area contributed by atoms with Gasteiger partial charge in [-0.15, -0.1) is 0 Å². The van der Waals surface area contributed by atoms with Crippen molar-refractivity contribution in [3.63, 3.8) is 0 Å². The van der Waals surface area contributed by atoms with Crippen molar-refractivity contribution in [1.29, 1.82) is 0 Å². The fourth-order valence-electron chi connectivity index (χ4n) is 3.84. The van der Waals surface area contributed by atoms with Crippen molar-refractivity contribution < 1.29 is 22.4 Å². The number of anilines is 1. The second kappa shape index (κ2) is 14.2. The molecule has 3 aromatic rings. The van der Waals surface area contributed by atoms with Gasteiger partial charge in [-0.3, -0.25) is 13.9 Å². The van der Waals surface area contributed by atoms with Gasteiger partial charge in [0.05, 0.1) is 15.6 Å². The van der Waals surface area contributed by atoms with Gasteiger partial charge in [-0.2, -0.15) is 0 Å². The molecule has 0 saturated carbocycles. The number of hydrogen-bond acceptors (Lipinski definition) is 4. The fourth-order valence-corrected chi connectivity index (χ4v) is 5.91. The van der Waals surface area contributed by atoms with E-state index in [9.17, 15) is 22.4 Å². The zero-order valence-electron chi connectivity index (χ0n) is 21.9. The highest BCUT2D eigenvalue weighted by atomic mass is 35.5. The fraction of sp³-hybridized carbons (Fsp3) is 0.286. The van der Waals surface area contributed by atoms with Gasteiger partial charge in [-0.1, -0.05) is 72.4 Å². The molecule has 0 bridgehead atoms. The van der Waals surface area contributed by atoms with Gasteiger partial charge in [-0.05, 0) is 61.4 Å². The molecular weight excluding hydrogens is 600 g/mol. The van der Waals surface area contributed by atoms with Crippen LogP contribution in [0, 0.1) is 5.82 Å². The van der Waals surface area contributed by atoms with Gasteiger partial charge in [-0.25, -0.2) is 12.8 Å². The lowest BCUT2D eigenvalue weighted by Gasteiger charge is -2.32. The van der Waals surface area contributed by atoms with Crippen LogP contribution >= 0.6 is 34.8 Å². The number of carbonyl (C=O) groups excluding carboxylic acids is 2. The lowest BCUT2D eigenvalue weighted by atomic mass is 10.1. The molecule has 0 unspecified atom stereocenters. The van der Waals surface area contributed by atoms with Gasteiger partial charge in [0.1, 0.15) is 18.4 Å². The number of nitrogens with one attached hydrogen (secondary N) is 1. The first kappa shape index (κ1) is 31.7. The Morgan fingerprint density at radius 1 is 0.975 bits per heavy atom. The summed E-state index contributed by atoms with van der Waals surface area (Å²) in [6.07, 6.45) is 1.62. The minimum Gasteiger partial charge on any atom is -0.354 e. The number of amides is 2. The average Bonchev–Trinajstić information content (AvgIpc) is 2.93. The van der Waals surface area contributed by atoms with E-state index in [-0.39, 0.29) is 27.2 Å². The minimum absolute atomic E-state index is 0.0203. The number of carbonyl (C=O) groups is 2. The van der Waals surface area contributed by atoms with Crippen molar-refractivity contribution in [1.82, 2.24) is 10.2 Å². The van der Waals surface area contributed by atoms with E-state index in [1.165, 1.54) is 29.2 Å². The van der Waals surface area contributed by atoms with Crippen molar-refractivity contribution in [2.75, 3.05) is 17.4 Å². The maximum atomic E-state index is 14.0. The molecule has 0 aliphatic heterocycles. The third-order valence-electron chi connectivity index (χ3n) is 6.15. The Kier molecular flexibility index (Phi) is 11.2. The van der Waals surface area contributed by atoms with Gasteiger partial charge >= 0.3 is 0 Å². The molecule has 0 aliphatic rings. The van der Waals surface area contributed by atoms with E-state index in [4.69, 9.17) is 34.8 Å². The monoisotopic (exact) mass is 627 g/mol. The molecule has 0 heterocycles. The smallest absolute Gasteiger partial charge is 0.264 e. The Labute approximate surface area is 248 Å². The predicted octanol–water partition coefficient (Wildman–Crippen LogP) is 6.31. The Bertz CT molecular complexity index is 1460. The van der Waals surface area contributed by atoms with E-state index in [2.05, 4.69) is 5.32 Å². The van der Waals surface area contributed by atoms with Gasteiger partial charge in [0.25, 0.3) is 10.0 Å². The van der Waals surface area contributed by atoms with Gasteiger partial charge < -0.3 is 10.2 Å². The van der Waals surface area contributed by atoms with E-state index >= 15 is 0 Å². The summed E-state index contributed by atoms with van der Waals surface area (Å²) in [4.78, 5) is 28.0. The topological polar surface area (TPSA) is 86.8 Å². The van der Waals surface area contributed by atoms with E-state index in [1.807, 2.05) is 6.92 Å². The summed E-state index contributed by atoms with van der Waals surface area (Å²) in [6.45, 7) is 3.16. The van der Waals surface area contributed by atoms with Gasteiger partial charge in [0.2, 0.25) is 11.8 Å². The average molecular weight is 629 g/mol. The van der Waals surface area contributed by atoms with Crippen LogP contribution in [0.15, 0.2) is 71.6 Å². The highest BCUT2D eigenvalue weighted by Crippen LogP contribution is 2.29. The largest absolute Gasteiger partial charge is 0.354 e. The summed E-state index contributed by atoms with van der Waals surface area (Å²) in [6, 6.07) is 14.6. The molecule has 2 amide bonds. The number of sulfonamides is 1. The van der Waals surface area contributed by atoms with Crippen LogP contribution in [0.1, 0.15) is 32.3 Å². The Morgan fingerprint density at radius 2 is 1.68 bits per heavy atom. The second-order valence-corrected chi connectivity index (χ2v) is 12.1. The van der Waals surface area contributed by atoms with E-state index in [1.54, 1.807) is 37.3 Å². The lowest BCUT2D eigenvalue weighted by molar-refractivity contribution is -0.139. The molecule has 40 heavy (non-hydrogen) atoms. The highest BCUT2D eigenvalue weighted by molar-refractivity contribution is 7.92. The summed E-state index contributed by atoms with van der Waals surface area (Å²) in [5.74, 6) is -1.84. The van der Waals surface area contributed by atoms with E-state index in [0.29, 0.717) is 17.1 Å². The summed E-state index contributed by atoms with van der Waals surface area (Å²) in [5.41, 5.74) is 0.489. The van der Waals surface area contributed by atoms with Crippen LogP contribution in [-0.4, -0.2) is 44.3 Å². The molecule has 0 aromatic heterocycles. The predicted molar refractivity (Wildman–Crippen MR) is 157 cm³/mol. The molecule has 3 aromatic carbocycles. The number of halogens is 4. The van der Waals surface area contributed by atoms with Gasteiger partial charge in [0, 0.05) is 23.1 Å². The number of unbranched alkanes of at least 4 members (excludes halogenated alkanes) is 1. The first-order valence-electron chi connectivity index (χ1n) is 12.5. The van der Waals surface area contributed by atoms with Crippen LogP contribution in [0.4, 0.5) is 10.1 Å². The Balaban J connectivity index is 2.03. The molecular formula is C28H29Cl3FN3O4S. The zero-order chi connectivity index (χ0) is 29.4. The normalized spacial score (nSPS) is 12.1. The van der Waals surface area contributed by atoms with Crippen molar-refractivity contribution in [3.8, 4) is 0 Å². The first-order valence-corrected chi connectivity index (χ1v) is 15.1. The van der Waals surface area contributed by atoms with Crippen LogP contribution in [0.25, 0.3) is 0 Å². The van der Waals surface area contributed by atoms with Crippen LogP contribution in [0.3, 0.4) is 0 Å². The molecule has 0 aliphatic carbocycles. The van der Waals surface area contributed by atoms with Crippen LogP contribution in [0.5, 0.6) is 0 Å². The molecule has 1 N–H and O–H groups in total. The van der Waals surface area contributed by atoms with Crippen molar-refractivity contribution >= 4 is 62.3 Å². The molecule has 0 radical (unpaired) electrons. The lowest BCUT2D eigenvalue weighted by Crippen LogP contribution is -2.51. The number of hydrogen-bond donors (Lipinski definition) is 1. The molecule has 12 heteroatoms. The van der Waals surface area contributed by atoms with Crippen molar-refractivity contribution in [2.24, 2.45) is 0 Å². The first-order chi connectivity index (χ1) is 18.9. The number of benzene rings is 3. The summed E-state index contributed by atoms with van der Waals surface area (Å²) < 4.78 is 42.2. The number of nitrogens with zero attached hydrogens (tertiary/aromatic N) is 2. The third-order valence-corrected chi connectivity index (χ3v) is 8.82. The van der Waals surface area contributed by atoms with Crippen molar-refractivity contribution in [3.05, 3.63) is 93.2 Å². The van der Waals surface area contributed by atoms with E-state index < -0.39 is 40.2 Å².